The van der Waals surface area contributed by atoms with E-state index in [1.165, 1.54) is 58.0 Å². The Labute approximate surface area is 370 Å². The van der Waals surface area contributed by atoms with E-state index in [2.05, 4.69) is 199 Å². The predicted molar refractivity (Wildman–Crippen MR) is 267 cm³/mol. The van der Waals surface area contributed by atoms with Gasteiger partial charge in [-0.1, -0.05) is 194 Å². The van der Waals surface area contributed by atoms with Gasteiger partial charge in [-0.25, -0.2) is 15.0 Å². The van der Waals surface area contributed by atoms with Crippen LogP contribution in [-0.4, -0.2) is 27.6 Å². The molecule has 0 aliphatic carbocycles. The van der Waals surface area contributed by atoms with Gasteiger partial charge in [0.1, 0.15) is 0 Å². The number of fused-ring (bicyclic) bond motifs is 6. The highest BCUT2D eigenvalue weighted by molar-refractivity contribution is 7.28. The van der Waals surface area contributed by atoms with E-state index in [0.717, 1.165) is 27.1 Å². The lowest BCUT2D eigenvalue weighted by molar-refractivity contribution is 1.08. The molecule has 0 bridgehead atoms. The topological polar surface area (TPSA) is 43.6 Å². The third-order valence-corrected chi connectivity index (χ3v) is 18.4. The van der Waals surface area contributed by atoms with Crippen LogP contribution >= 0.6 is 11.3 Å². The molecule has 12 aromatic rings. The van der Waals surface area contributed by atoms with Crippen LogP contribution in [0.2, 0.25) is 0 Å². The minimum Gasteiger partial charge on any atom is -0.309 e. The molecule has 0 N–H and O–H groups in total. The number of benzene rings is 9. The Kier molecular flexibility index (Phi) is 8.99. The van der Waals surface area contributed by atoms with E-state index in [0.29, 0.717) is 17.5 Å². The quantitative estimate of drug-likeness (QED) is 0.113. The SMILES string of the molecule is c1ccc(-c2nc(-c3ccccc3)nc(-c3ccc([Si](c4ccccc4)(c4ccccc4)c4ccccc4)c4c3sc3ccc(-n5c6ccccc6c6ccccc65)cc34)n2)cc1. The van der Waals surface area contributed by atoms with Crippen LogP contribution in [0, 0.1) is 0 Å². The molecule has 4 nitrogen and oxygen atoms in total. The van der Waals surface area contributed by atoms with E-state index in [9.17, 15) is 0 Å². The van der Waals surface area contributed by atoms with Crippen LogP contribution in [0.4, 0.5) is 0 Å². The molecule has 0 unspecified atom stereocenters. The van der Waals surface area contributed by atoms with E-state index in [-0.39, 0.29) is 0 Å². The van der Waals surface area contributed by atoms with Gasteiger partial charge < -0.3 is 4.57 Å². The van der Waals surface area contributed by atoms with Crippen LogP contribution in [0.15, 0.2) is 231 Å². The van der Waals surface area contributed by atoms with Gasteiger partial charge in [-0.05, 0) is 57.1 Å². The summed E-state index contributed by atoms with van der Waals surface area (Å²) in [6, 6.07) is 83.3. The van der Waals surface area contributed by atoms with E-state index < -0.39 is 8.07 Å². The van der Waals surface area contributed by atoms with Crippen LogP contribution in [0.3, 0.4) is 0 Å². The highest BCUT2D eigenvalue weighted by atomic mass is 32.1. The molecular formula is C57H38N4SSi. The second kappa shape index (κ2) is 15.3. The first-order valence-corrected chi connectivity index (χ1v) is 24.1. The second-order valence-electron chi connectivity index (χ2n) is 15.9. The van der Waals surface area contributed by atoms with Crippen LogP contribution in [0.5, 0.6) is 0 Å². The number of hydrogen-bond donors (Lipinski definition) is 0. The summed E-state index contributed by atoms with van der Waals surface area (Å²) in [5.74, 6) is 1.95. The molecule has 3 aromatic heterocycles. The highest BCUT2D eigenvalue weighted by Gasteiger charge is 2.43. The lowest BCUT2D eigenvalue weighted by Gasteiger charge is -2.35. The molecule has 0 saturated carbocycles. The van der Waals surface area contributed by atoms with Crippen molar-refractivity contribution < 1.29 is 0 Å². The predicted octanol–water partition coefficient (Wildman–Crippen LogP) is 11.7. The van der Waals surface area contributed by atoms with Gasteiger partial charge in [0.05, 0.1) is 11.0 Å². The first-order chi connectivity index (χ1) is 31.3. The molecule has 0 fully saturated rings. The van der Waals surface area contributed by atoms with Crippen molar-refractivity contribution in [2.45, 2.75) is 0 Å². The maximum absolute atomic E-state index is 5.30. The van der Waals surface area contributed by atoms with Crippen molar-refractivity contribution in [2.75, 3.05) is 0 Å². The molecule has 6 heteroatoms. The zero-order valence-electron chi connectivity index (χ0n) is 34.1. The molecular weight excluding hydrogens is 801 g/mol. The summed E-state index contributed by atoms with van der Waals surface area (Å²) < 4.78 is 4.80. The van der Waals surface area contributed by atoms with E-state index in [4.69, 9.17) is 15.0 Å². The zero-order chi connectivity index (χ0) is 41.7. The molecule has 9 aromatic carbocycles. The minimum absolute atomic E-state index is 0.646. The van der Waals surface area contributed by atoms with Crippen molar-refractivity contribution in [3.8, 4) is 39.9 Å². The Morgan fingerprint density at radius 1 is 0.381 bits per heavy atom. The first kappa shape index (κ1) is 37.0. The van der Waals surface area contributed by atoms with Crippen molar-refractivity contribution in [3.63, 3.8) is 0 Å². The van der Waals surface area contributed by atoms with Crippen molar-refractivity contribution in [3.05, 3.63) is 231 Å². The maximum Gasteiger partial charge on any atom is 0.180 e. The molecule has 0 atom stereocenters. The smallest absolute Gasteiger partial charge is 0.180 e. The Hall–Kier alpha value is -7.77. The molecule has 0 radical (unpaired) electrons. The molecule has 12 rings (SSSR count). The van der Waals surface area contributed by atoms with Gasteiger partial charge in [-0.3, -0.25) is 0 Å². The highest BCUT2D eigenvalue weighted by Crippen LogP contribution is 2.42. The van der Waals surface area contributed by atoms with E-state index in [1.54, 1.807) is 0 Å². The molecule has 3 heterocycles. The zero-order valence-corrected chi connectivity index (χ0v) is 36.0. The summed E-state index contributed by atoms with van der Waals surface area (Å²) in [5.41, 5.74) is 6.38. The van der Waals surface area contributed by atoms with Gasteiger partial charge in [0.25, 0.3) is 0 Å². The standard InChI is InChI=1S/C57H38N4SSi/c1-6-20-39(21-7-1)55-58-56(40-22-8-2-9-23-40)60-57(59-55)47-35-37-52(63(42-24-10-3-11-25-42,43-26-12-4-13-27-43)44-28-14-5-15-29-44)53-48-38-41(34-36-51(48)62-54(47)53)61-49-32-18-16-30-45(49)46-31-17-19-33-50(46)61/h1-38H. The molecule has 0 saturated heterocycles. The largest absolute Gasteiger partial charge is 0.309 e. The number of hydrogen-bond acceptors (Lipinski definition) is 4. The minimum atomic E-state index is -3.02. The summed E-state index contributed by atoms with van der Waals surface area (Å²) in [5, 5.41) is 10.2. The Morgan fingerprint density at radius 2 is 0.825 bits per heavy atom. The lowest BCUT2D eigenvalue weighted by atomic mass is 10.1. The average molecular weight is 839 g/mol. The fourth-order valence-corrected chi connectivity index (χ4v) is 15.9. The molecule has 0 aliphatic rings. The first-order valence-electron chi connectivity index (χ1n) is 21.3. The van der Waals surface area contributed by atoms with Crippen LogP contribution in [-0.2, 0) is 0 Å². The molecule has 63 heavy (non-hydrogen) atoms. The molecule has 0 aliphatic heterocycles. The summed E-state index contributed by atoms with van der Waals surface area (Å²) >= 11 is 1.83. The number of thiophene rings is 1. The Balaban J connectivity index is 1.23. The van der Waals surface area contributed by atoms with Gasteiger partial charge in [-0.2, -0.15) is 0 Å². The fraction of sp³-hybridized carbons (Fsp3) is 0. The summed E-state index contributed by atoms with van der Waals surface area (Å²) in [7, 11) is -3.02. The number of para-hydroxylation sites is 2. The monoisotopic (exact) mass is 838 g/mol. The van der Waals surface area contributed by atoms with Crippen molar-refractivity contribution in [1.29, 1.82) is 0 Å². The van der Waals surface area contributed by atoms with Gasteiger partial charge in [0.2, 0.25) is 0 Å². The van der Waals surface area contributed by atoms with Crippen LogP contribution < -0.4 is 20.7 Å². The van der Waals surface area contributed by atoms with Gasteiger partial charge >= 0.3 is 0 Å². The summed E-state index contributed by atoms with van der Waals surface area (Å²) in [4.78, 5) is 15.7. The summed E-state index contributed by atoms with van der Waals surface area (Å²) in [6.45, 7) is 0. The van der Waals surface area contributed by atoms with Crippen LogP contribution in [0.1, 0.15) is 0 Å². The summed E-state index contributed by atoms with van der Waals surface area (Å²) in [6.07, 6.45) is 0. The fourth-order valence-electron chi connectivity index (χ4n) is 9.66. The van der Waals surface area contributed by atoms with Gasteiger partial charge in [0, 0.05) is 53.3 Å². The van der Waals surface area contributed by atoms with E-state index in [1.807, 2.05) is 47.7 Å². The van der Waals surface area contributed by atoms with Crippen molar-refractivity contribution in [2.24, 2.45) is 0 Å². The van der Waals surface area contributed by atoms with Gasteiger partial charge in [-0.15, -0.1) is 11.3 Å². The normalized spacial score (nSPS) is 11.8. The Bertz CT molecular complexity index is 3400. The van der Waals surface area contributed by atoms with Crippen molar-refractivity contribution in [1.82, 2.24) is 19.5 Å². The number of aromatic nitrogens is 4. The Morgan fingerprint density at radius 3 is 1.33 bits per heavy atom. The van der Waals surface area contributed by atoms with E-state index >= 15 is 0 Å². The third-order valence-electron chi connectivity index (χ3n) is 12.4. The molecule has 296 valence electrons. The maximum atomic E-state index is 5.30. The van der Waals surface area contributed by atoms with Crippen LogP contribution in [0.25, 0.3) is 81.8 Å². The second-order valence-corrected chi connectivity index (χ2v) is 20.7. The third kappa shape index (κ3) is 6.06. The molecule has 0 spiro atoms. The average Bonchev–Trinajstić information content (AvgIpc) is 3.92. The van der Waals surface area contributed by atoms with Gasteiger partial charge in [0.15, 0.2) is 25.5 Å². The molecule has 0 amide bonds. The number of rotatable bonds is 8. The van der Waals surface area contributed by atoms with Crippen molar-refractivity contribution >= 4 is 82.1 Å². The number of nitrogens with zero attached hydrogens (tertiary/aromatic N) is 4. The lowest BCUT2D eigenvalue weighted by Crippen LogP contribution is -2.74.